The second-order valence-electron chi connectivity index (χ2n) is 6.11. The van der Waals surface area contributed by atoms with Gasteiger partial charge in [-0.1, -0.05) is 6.42 Å². The van der Waals surface area contributed by atoms with E-state index >= 15 is 0 Å². The number of piperidine rings is 1. The Morgan fingerprint density at radius 2 is 2.14 bits per heavy atom. The maximum atomic E-state index is 5.67. The fourth-order valence-corrected chi connectivity index (χ4v) is 3.06. The highest BCUT2D eigenvalue weighted by Crippen LogP contribution is 2.23. The second kappa shape index (κ2) is 7.61. The van der Waals surface area contributed by atoms with E-state index in [4.69, 9.17) is 4.42 Å². The normalized spacial score (nSPS) is 16.2. The van der Waals surface area contributed by atoms with E-state index in [0.717, 1.165) is 35.9 Å². The fourth-order valence-electron chi connectivity index (χ4n) is 3.06. The van der Waals surface area contributed by atoms with Gasteiger partial charge in [-0.2, -0.15) is 5.10 Å². The van der Waals surface area contributed by atoms with Gasteiger partial charge in [0, 0.05) is 12.1 Å². The number of rotatable bonds is 7. The molecule has 0 spiro atoms. The second-order valence-corrected chi connectivity index (χ2v) is 6.11. The number of aromatic amines is 1. The van der Waals surface area contributed by atoms with E-state index in [1.807, 2.05) is 25.3 Å². The highest BCUT2D eigenvalue weighted by Gasteiger charge is 2.11. The molecular weight excluding hydrogens is 276 g/mol. The third-order valence-corrected chi connectivity index (χ3v) is 4.30. The topological polar surface area (TPSA) is 57.1 Å². The third-order valence-electron chi connectivity index (χ3n) is 4.30. The van der Waals surface area contributed by atoms with E-state index in [2.05, 4.69) is 20.4 Å². The van der Waals surface area contributed by atoms with Gasteiger partial charge in [0.2, 0.25) is 0 Å². The Bertz CT molecular complexity index is 569. The van der Waals surface area contributed by atoms with Crippen molar-refractivity contribution in [3.63, 3.8) is 0 Å². The van der Waals surface area contributed by atoms with Gasteiger partial charge in [-0.3, -0.25) is 5.10 Å². The monoisotopic (exact) mass is 302 g/mol. The van der Waals surface area contributed by atoms with Gasteiger partial charge in [0.15, 0.2) is 5.76 Å². The molecule has 0 saturated carbocycles. The number of nitrogens with zero attached hydrogens (tertiary/aromatic N) is 2. The fraction of sp³-hybridized carbons (Fsp3) is 0.588. The van der Waals surface area contributed by atoms with Crippen LogP contribution in [-0.4, -0.2) is 41.3 Å². The summed E-state index contributed by atoms with van der Waals surface area (Å²) in [4.78, 5) is 2.58. The summed E-state index contributed by atoms with van der Waals surface area (Å²) < 4.78 is 5.67. The first kappa shape index (κ1) is 15.3. The Morgan fingerprint density at radius 1 is 1.27 bits per heavy atom. The van der Waals surface area contributed by atoms with Gasteiger partial charge in [-0.05, 0) is 64.5 Å². The van der Waals surface area contributed by atoms with Crippen molar-refractivity contribution in [2.75, 3.05) is 26.2 Å². The Hall–Kier alpha value is -1.59. The van der Waals surface area contributed by atoms with Crippen LogP contribution in [0.3, 0.4) is 0 Å². The summed E-state index contributed by atoms with van der Waals surface area (Å²) in [6.07, 6.45) is 7.23. The number of nitrogens with one attached hydrogen (secondary N) is 2. The number of furan rings is 1. The first-order valence-electron chi connectivity index (χ1n) is 8.35. The number of aryl methyl sites for hydroxylation is 1. The van der Waals surface area contributed by atoms with Crippen molar-refractivity contribution >= 4 is 0 Å². The molecule has 1 fully saturated rings. The van der Waals surface area contributed by atoms with Gasteiger partial charge in [0.1, 0.15) is 11.5 Å². The van der Waals surface area contributed by atoms with Crippen LogP contribution in [0, 0.1) is 6.92 Å². The maximum absolute atomic E-state index is 5.67. The van der Waals surface area contributed by atoms with Gasteiger partial charge in [-0.15, -0.1) is 0 Å². The number of likely N-dealkylation sites (tertiary alicyclic amines) is 1. The van der Waals surface area contributed by atoms with Crippen LogP contribution in [0.25, 0.3) is 11.5 Å². The van der Waals surface area contributed by atoms with Gasteiger partial charge in [-0.25, -0.2) is 0 Å². The molecule has 120 valence electrons. The molecule has 0 unspecified atom stereocenters. The van der Waals surface area contributed by atoms with Crippen molar-refractivity contribution in [1.82, 2.24) is 20.4 Å². The van der Waals surface area contributed by atoms with E-state index in [1.165, 1.54) is 45.3 Å². The van der Waals surface area contributed by atoms with Crippen molar-refractivity contribution < 1.29 is 4.42 Å². The number of hydrogen-bond acceptors (Lipinski definition) is 4. The van der Waals surface area contributed by atoms with Crippen LogP contribution in [0.4, 0.5) is 0 Å². The molecule has 22 heavy (non-hydrogen) atoms. The summed E-state index contributed by atoms with van der Waals surface area (Å²) in [5.74, 6) is 1.78. The average Bonchev–Trinajstić information content (AvgIpc) is 3.16. The standard InChI is InChI=1S/C17H26N4O/c1-14-6-7-16(22-14)17-15(13-19-20-17)12-18-8-5-11-21-9-3-2-4-10-21/h6-7,13,18H,2-5,8-12H2,1H3,(H,19,20). The molecule has 5 heteroatoms. The predicted molar refractivity (Wildman–Crippen MR) is 87.6 cm³/mol. The molecule has 0 aliphatic carbocycles. The molecule has 0 amide bonds. The molecule has 3 heterocycles. The van der Waals surface area contributed by atoms with Crippen molar-refractivity contribution in [2.24, 2.45) is 0 Å². The van der Waals surface area contributed by atoms with Crippen LogP contribution in [0.2, 0.25) is 0 Å². The minimum Gasteiger partial charge on any atom is -0.460 e. The zero-order valence-corrected chi connectivity index (χ0v) is 13.4. The van der Waals surface area contributed by atoms with Crippen LogP contribution in [-0.2, 0) is 6.54 Å². The molecule has 1 aliphatic rings. The summed E-state index contributed by atoms with van der Waals surface area (Å²) in [7, 11) is 0. The molecule has 0 bridgehead atoms. The van der Waals surface area contributed by atoms with Crippen molar-refractivity contribution in [3.8, 4) is 11.5 Å². The van der Waals surface area contributed by atoms with E-state index in [1.54, 1.807) is 0 Å². The van der Waals surface area contributed by atoms with Crippen LogP contribution in [0.5, 0.6) is 0 Å². The van der Waals surface area contributed by atoms with E-state index < -0.39 is 0 Å². The minimum atomic E-state index is 0.825. The Kier molecular flexibility index (Phi) is 5.29. The molecule has 2 N–H and O–H groups in total. The van der Waals surface area contributed by atoms with Crippen LogP contribution >= 0.6 is 0 Å². The molecular formula is C17H26N4O. The predicted octanol–water partition coefficient (Wildman–Crippen LogP) is 2.94. The lowest BCUT2D eigenvalue weighted by Crippen LogP contribution is -2.32. The smallest absolute Gasteiger partial charge is 0.152 e. The van der Waals surface area contributed by atoms with Crippen LogP contribution in [0.15, 0.2) is 22.7 Å². The molecule has 2 aromatic rings. The zero-order chi connectivity index (χ0) is 15.2. The molecule has 1 saturated heterocycles. The molecule has 3 rings (SSSR count). The van der Waals surface area contributed by atoms with Crippen molar-refractivity contribution in [1.29, 1.82) is 0 Å². The highest BCUT2D eigenvalue weighted by molar-refractivity contribution is 5.56. The summed E-state index contributed by atoms with van der Waals surface area (Å²) in [6.45, 7) is 7.60. The molecule has 2 aromatic heterocycles. The number of hydrogen-bond donors (Lipinski definition) is 2. The zero-order valence-electron chi connectivity index (χ0n) is 13.4. The van der Waals surface area contributed by atoms with Gasteiger partial charge < -0.3 is 14.6 Å². The SMILES string of the molecule is Cc1ccc(-c2[nH]ncc2CNCCCN2CCCCC2)o1. The quantitative estimate of drug-likeness (QED) is 0.772. The van der Waals surface area contributed by atoms with E-state index in [-0.39, 0.29) is 0 Å². The van der Waals surface area contributed by atoms with Gasteiger partial charge in [0.05, 0.1) is 6.20 Å². The number of H-pyrrole nitrogens is 1. The molecule has 0 radical (unpaired) electrons. The third kappa shape index (κ3) is 3.99. The highest BCUT2D eigenvalue weighted by atomic mass is 16.3. The van der Waals surface area contributed by atoms with Crippen molar-refractivity contribution in [3.05, 3.63) is 29.7 Å². The van der Waals surface area contributed by atoms with Crippen LogP contribution in [0.1, 0.15) is 37.0 Å². The van der Waals surface area contributed by atoms with Gasteiger partial charge in [0.25, 0.3) is 0 Å². The number of aromatic nitrogens is 2. The summed E-state index contributed by atoms with van der Waals surface area (Å²) in [5, 5.41) is 10.7. The van der Waals surface area contributed by atoms with Crippen molar-refractivity contribution in [2.45, 2.75) is 39.2 Å². The lowest BCUT2D eigenvalue weighted by Gasteiger charge is -2.26. The first-order chi connectivity index (χ1) is 10.8. The van der Waals surface area contributed by atoms with E-state index in [9.17, 15) is 0 Å². The largest absolute Gasteiger partial charge is 0.460 e. The summed E-state index contributed by atoms with van der Waals surface area (Å²) >= 11 is 0. The molecule has 0 atom stereocenters. The maximum Gasteiger partial charge on any atom is 0.152 e. The Balaban J connectivity index is 1.41. The Labute approximate surface area is 132 Å². The molecule has 1 aliphatic heterocycles. The summed E-state index contributed by atoms with van der Waals surface area (Å²) in [5.41, 5.74) is 2.14. The van der Waals surface area contributed by atoms with Gasteiger partial charge >= 0.3 is 0 Å². The van der Waals surface area contributed by atoms with E-state index in [0.29, 0.717) is 0 Å². The average molecular weight is 302 g/mol. The lowest BCUT2D eigenvalue weighted by atomic mass is 10.1. The molecule has 5 nitrogen and oxygen atoms in total. The Morgan fingerprint density at radius 3 is 2.91 bits per heavy atom. The lowest BCUT2D eigenvalue weighted by molar-refractivity contribution is 0.225. The first-order valence-corrected chi connectivity index (χ1v) is 8.35. The minimum absolute atomic E-state index is 0.825. The summed E-state index contributed by atoms with van der Waals surface area (Å²) in [6, 6.07) is 3.97. The van der Waals surface area contributed by atoms with Crippen LogP contribution < -0.4 is 5.32 Å². The molecule has 0 aromatic carbocycles.